The van der Waals surface area contributed by atoms with E-state index >= 15 is 0 Å². The van der Waals surface area contributed by atoms with Gasteiger partial charge in [-0.05, 0) is 17.5 Å². The van der Waals surface area contributed by atoms with Crippen molar-refractivity contribution in [1.29, 1.82) is 0 Å². The van der Waals surface area contributed by atoms with Gasteiger partial charge in [0, 0.05) is 24.1 Å². The molecule has 0 amide bonds. The lowest BCUT2D eigenvalue weighted by Crippen LogP contribution is -2.34. The number of nitro benzene ring substituents is 1. The fourth-order valence-corrected chi connectivity index (χ4v) is 2.32. The predicted octanol–water partition coefficient (Wildman–Crippen LogP) is 3.05. The van der Waals surface area contributed by atoms with E-state index in [-0.39, 0.29) is 16.0 Å². The number of hydrogen-bond acceptors (Lipinski definition) is 3. The quantitative estimate of drug-likeness (QED) is 0.670. The fraction of sp³-hybridized carbons (Fsp3) is 0.250. The van der Waals surface area contributed by atoms with Crippen LogP contribution in [-0.4, -0.2) is 11.5 Å². The molecule has 20 heavy (non-hydrogen) atoms. The first kappa shape index (κ1) is 14.2. The van der Waals surface area contributed by atoms with Crippen LogP contribution in [-0.2, 0) is 11.8 Å². The maximum absolute atomic E-state index is 10.7. The highest BCUT2D eigenvalue weighted by Gasteiger charge is 2.26. The first-order valence-electron chi connectivity index (χ1n) is 6.54. The van der Waals surface area contributed by atoms with Crippen LogP contribution in [0.5, 0.6) is 0 Å². The molecule has 0 radical (unpaired) electrons. The Morgan fingerprint density at radius 2 is 1.70 bits per heavy atom. The minimum Gasteiger partial charge on any atom is -0.330 e. The van der Waals surface area contributed by atoms with E-state index in [1.807, 2.05) is 18.2 Å². The second-order valence-corrected chi connectivity index (χ2v) is 5.23. The topological polar surface area (TPSA) is 69.2 Å². The average Bonchev–Trinajstić information content (AvgIpc) is 2.48. The summed E-state index contributed by atoms with van der Waals surface area (Å²) in [5.41, 5.74) is 8.06. The highest BCUT2D eigenvalue weighted by atomic mass is 16.6. The molecule has 0 fully saturated rings. The molecular weight excluding hydrogens is 252 g/mol. The third-order valence-electron chi connectivity index (χ3n) is 3.66. The van der Waals surface area contributed by atoms with Gasteiger partial charge >= 0.3 is 0 Å². The molecule has 0 saturated carbocycles. The van der Waals surface area contributed by atoms with Crippen LogP contribution in [0.2, 0.25) is 0 Å². The van der Waals surface area contributed by atoms with Gasteiger partial charge in [0.15, 0.2) is 0 Å². The Kier molecular flexibility index (Phi) is 4.15. The van der Waals surface area contributed by atoms with Crippen molar-refractivity contribution in [2.75, 3.05) is 6.54 Å². The van der Waals surface area contributed by atoms with Crippen molar-refractivity contribution in [2.24, 2.45) is 5.73 Å². The van der Waals surface area contributed by atoms with E-state index in [0.29, 0.717) is 6.54 Å². The zero-order valence-corrected chi connectivity index (χ0v) is 11.5. The lowest BCUT2D eigenvalue weighted by molar-refractivity contribution is -0.384. The molecule has 0 aliphatic carbocycles. The van der Waals surface area contributed by atoms with Crippen LogP contribution in [0.25, 0.3) is 0 Å². The first-order chi connectivity index (χ1) is 9.55. The number of hydrogen-bond donors (Lipinski definition) is 1. The van der Waals surface area contributed by atoms with Crippen LogP contribution in [0.4, 0.5) is 5.69 Å². The Bertz CT molecular complexity index is 581. The van der Waals surface area contributed by atoms with E-state index in [9.17, 15) is 10.1 Å². The Labute approximate surface area is 118 Å². The van der Waals surface area contributed by atoms with Gasteiger partial charge in [0.1, 0.15) is 0 Å². The van der Waals surface area contributed by atoms with E-state index in [1.54, 1.807) is 12.1 Å². The molecule has 0 aromatic heterocycles. The van der Waals surface area contributed by atoms with Crippen molar-refractivity contribution in [3.63, 3.8) is 0 Å². The summed E-state index contributed by atoms with van der Waals surface area (Å²) >= 11 is 0. The van der Waals surface area contributed by atoms with Crippen molar-refractivity contribution in [3.05, 3.63) is 75.8 Å². The highest BCUT2D eigenvalue weighted by molar-refractivity contribution is 5.37. The SMILES string of the molecule is CC(CN)(Cc1ccccc1)c1ccc([N+](=O)[O-])cc1. The molecule has 2 rings (SSSR count). The fourth-order valence-electron chi connectivity index (χ4n) is 2.32. The van der Waals surface area contributed by atoms with E-state index in [2.05, 4.69) is 19.1 Å². The molecule has 2 aromatic carbocycles. The number of nitrogens with two attached hydrogens (primary N) is 1. The van der Waals surface area contributed by atoms with Gasteiger partial charge < -0.3 is 5.73 Å². The molecule has 104 valence electrons. The Hall–Kier alpha value is -2.20. The van der Waals surface area contributed by atoms with Crippen molar-refractivity contribution >= 4 is 5.69 Å². The van der Waals surface area contributed by atoms with Gasteiger partial charge in [-0.3, -0.25) is 10.1 Å². The molecule has 4 nitrogen and oxygen atoms in total. The molecule has 4 heteroatoms. The van der Waals surface area contributed by atoms with Gasteiger partial charge in [-0.15, -0.1) is 0 Å². The highest BCUT2D eigenvalue weighted by Crippen LogP contribution is 2.28. The zero-order valence-electron chi connectivity index (χ0n) is 11.5. The number of nitrogens with zero attached hydrogens (tertiary/aromatic N) is 1. The Morgan fingerprint density at radius 1 is 1.10 bits per heavy atom. The molecule has 0 bridgehead atoms. The minimum absolute atomic E-state index is 0.104. The van der Waals surface area contributed by atoms with Crippen LogP contribution in [0.1, 0.15) is 18.1 Å². The van der Waals surface area contributed by atoms with Crippen LogP contribution in [0.3, 0.4) is 0 Å². The maximum atomic E-state index is 10.7. The lowest BCUT2D eigenvalue weighted by Gasteiger charge is -2.28. The van der Waals surface area contributed by atoms with Crippen molar-refractivity contribution in [2.45, 2.75) is 18.8 Å². The molecule has 0 saturated heterocycles. The van der Waals surface area contributed by atoms with Crippen LogP contribution in [0.15, 0.2) is 54.6 Å². The van der Waals surface area contributed by atoms with Crippen molar-refractivity contribution < 1.29 is 4.92 Å². The van der Waals surface area contributed by atoms with E-state index in [4.69, 9.17) is 5.73 Å². The first-order valence-corrected chi connectivity index (χ1v) is 6.54. The van der Waals surface area contributed by atoms with Gasteiger partial charge in [-0.2, -0.15) is 0 Å². The van der Waals surface area contributed by atoms with Crippen molar-refractivity contribution in [3.8, 4) is 0 Å². The van der Waals surface area contributed by atoms with Crippen LogP contribution >= 0.6 is 0 Å². The summed E-state index contributed by atoms with van der Waals surface area (Å²) in [5, 5.41) is 10.7. The molecule has 2 N–H and O–H groups in total. The normalized spacial score (nSPS) is 13.7. The molecule has 0 heterocycles. The van der Waals surface area contributed by atoms with Gasteiger partial charge in [-0.1, -0.05) is 49.4 Å². The summed E-state index contributed by atoms with van der Waals surface area (Å²) in [5.74, 6) is 0. The molecule has 0 aliphatic rings. The number of non-ortho nitro benzene ring substituents is 1. The monoisotopic (exact) mass is 270 g/mol. The van der Waals surface area contributed by atoms with E-state index in [0.717, 1.165) is 12.0 Å². The van der Waals surface area contributed by atoms with Gasteiger partial charge in [0.25, 0.3) is 5.69 Å². The van der Waals surface area contributed by atoms with Crippen molar-refractivity contribution in [1.82, 2.24) is 0 Å². The molecule has 0 aliphatic heterocycles. The summed E-state index contributed by atoms with van der Waals surface area (Å²) in [7, 11) is 0. The molecule has 2 aromatic rings. The van der Waals surface area contributed by atoms with Gasteiger partial charge in [0.05, 0.1) is 4.92 Å². The lowest BCUT2D eigenvalue weighted by atomic mass is 9.77. The second kappa shape index (κ2) is 5.84. The van der Waals surface area contributed by atoms with Crippen LogP contribution < -0.4 is 5.73 Å². The van der Waals surface area contributed by atoms with E-state index in [1.165, 1.54) is 17.7 Å². The second-order valence-electron chi connectivity index (χ2n) is 5.23. The summed E-state index contributed by atoms with van der Waals surface area (Å²) in [4.78, 5) is 10.3. The molecule has 0 spiro atoms. The van der Waals surface area contributed by atoms with E-state index < -0.39 is 0 Å². The molecule has 1 unspecified atom stereocenters. The largest absolute Gasteiger partial charge is 0.330 e. The number of nitro groups is 1. The third-order valence-corrected chi connectivity index (χ3v) is 3.66. The third kappa shape index (κ3) is 3.03. The smallest absolute Gasteiger partial charge is 0.269 e. The summed E-state index contributed by atoms with van der Waals surface area (Å²) in [6, 6.07) is 16.8. The zero-order chi connectivity index (χ0) is 14.6. The summed E-state index contributed by atoms with van der Waals surface area (Å²) in [6.45, 7) is 2.57. The molecular formula is C16H18N2O2. The Balaban J connectivity index is 2.28. The number of benzene rings is 2. The van der Waals surface area contributed by atoms with Gasteiger partial charge in [-0.25, -0.2) is 0 Å². The van der Waals surface area contributed by atoms with Crippen LogP contribution in [0, 0.1) is 10.1 Å². The summed E-state index contributed by atoms with van der Waals surface area (Å²) < 4.78 is 0. The molecule has 1 atom stereocenters. The predicted molar refractivity (Wildman–Crippen MR) is 79.6 cm³/mol. The Morgan fingerprint density at radius 3 is 2.20 bits per heavy atom. The minimum atomic E-state index is -0.388. The summed E-state index contributed by atoms with van der Waals surface area (Å²) in [6.07, 6.45) is 0.808. The maximum Gasteiger partial charge on any atom is 0.269 e. The van der Waals surface area contributed by atoms with Gasteiger partial charge in [0.2, 0.25) is 0 Å². The number of rotatable bonds is 5. The standard InChI is InChI=1S/C16H18N2O2/c1-16(12-17,11-13-5-3-2-4-6-13)14-7-9-15(10-8-14)18(19)20/h2-10H,11-12,17H2,1H3. The average molecular weight is 270 g/mol.